The van der Waals surface area contributed by atoms with Gasteiger partial charge in [0.2, 0.25) is 5.78 Å². The summed E-state index contributed by atoms with van der Waals surface area (Å²) in [6, 6.07) is 3.91. The van der Waals surface area contributed by atoms with Crippen molar-refractivity contribution in [1.82, 2.24) is 0 Å². The Labute approximate surface area is 177 Å². The third-order valence-corrected chi connectivity index (χ3v) is 6.12. The van der Waals surface area contributed by atoms with Crippen molar-refractivity contribution in [1.29, 1.82) is 0 Å². The molecule has 30 heavy (non-hydrogen) atoms. The summed E-state index contributed by atoms with van der Waals surface area (Å²) in [6.07, 6.45) is 3.95. The van der Waals surface area contributed by atoms with Gasteiger partial charge in [-0.3, -0.25) is 4.79 Å². The van der Waals surface area contributed by atoms with Crippen molar-refractivity contribution in [2.45, 2.75) is 36.9 Å². The van der Waals surface area contributed by atoms with Crippen LogP contribution in [0.4, 0.5) is 0 Å². The zero-order chi connectivity index (χ0) is 21.9. The first-order valence-electron chi connectivity index (χ1n) is 9.84. The van der Waals surface area contributed by atoms with E-state index in [-0.39, 0.29) is 19.0 Å². The predicted octanol–water partition coefficient (Wildman–Crippen LogP) is 3.30. The molecule has 0 N–H and O–H groups in total. The minimum Gasteiger partial charge on any atom is -0.495 e. The van der Waals surface area contributed by atoms with Crippen molar-refractivity contribution in [3.8, 4) is 11.5 Å². The standard InChI is InChI=1S/C23H30O7/c1-7-12-22-13-18(24)23(28-5,29-6)21(27-4)16(22)10-8-15-9-11-17(26-3)20(19(15)22)30-14-25-2/h7,9,11H,1,8,10,12-14H2,2-6H3/t22-/m1/s1. The van der Waals surface area contributed by atoms with Gasteiger partial charge in [-0.2, -0.15) is 0 Å². The number of hydrogen-bond acceptors (Lipinski definition) is 7. The van der Waals surface area contributed by atoms with Crippen molar-refractivity contribution in [3.63, 3.8) is 0 Å². The zero-order valence-corrected chi connectivity index (χ0v) is 18.3. The van der Waals surface area contributed by atoms with E-state index in [4.69, 9.17) is 28.4 Å². The van der Waals surface area contributed by atoms with Crippen LogP contribution in [-0.4, -0.2) is 53.9 Å². The topological polar surface area (TPSA) is 72.5 Å². The van der Waals surface area contributed by atoms with Crippen LogP contribution in [0, 0.1) is 0 Å². The van der Waals surface area contributed by atoms with E-state index in [9.17, 15) is 4.79 Å². The Morgan fingerprint density at radius 1 is 1.07 bits per heavy atom. The number of carbonyl (C=O) groups excluding carboxylic acids is 1. The van der Waals surface area contributed by atoms with Gasteiger partial charge in [-0.1, -0.05) is 12.1 Å². The molecule has 0 aliphatic heterocycles. The molecule has 2 aliphatic rings. The average molecular weight is 418 g/mol. The highest BCUT2D eigenvalue weighted by Gasteiger charge is 2.58. The van der Waals surface area contributed by atoms with Gasteiger partial charge in [0.05, 0.1) is 14.2 Å². The van der Waals surface area contributed by atoms with Gasteiger partial charge in [-0.25, -0.2) is 0 Å². The van der Waals surface area contributed by atoms with E-state index < -0.39 is 11.2 Å². The quantitative estimate of drug-likeness (QED) is 0.450. The maximum Gasteiger partial charge on any atom is 0.288 e. The summed E-state index contributed by atoms with van der Waals surface area (Å²) in [6.45, 7) is 4.02. The number of carbonyl (C=O) groups is 1. The second-order valence-corrected chi connectivity index (χ2v) is 7.39. The first-order valence-corrected chi connectivity index (χ1v) is 9.84. The van der Waals surface area contributed by atoms with E-state index in [1.165, 1.54) is 21.3 Å². The van der Waals surface area contributed by atoms with Gasteiger partial charge in [0.25, 0.3) is 5.79 Å². The average Bonchev–Trinajstić information content (AvgIpc) is 2.76. The van der Waals surface area contributed by atoms with Crippen LogP contribution < -0.4 is 9.47 Å². The number of aryl methyl sites for hydroxylation is 1. The molecule has 7 heteroatoms. The molecular weight excluding hydrogens is 388 g/mol. The second kappa shape index (κ2) is 8.79. The van der Waals surface area contributed by atoms with Crippen LogP contribution in [0.2, 0.25) is 0 Å². The molecule has 1 aromatic carbocycles. The van der Waals surface area contributed by atoms with Crippen LogP contribution in [0.15, 0.2) is 36.1 Å². The Morgan fingerprint density at radius 3 is 2.37 bits per heavy atom. The Bertz CT molecular complexity index is 853. The number of rotatable bonds is 9. The van der Waals surface area contributed by atoms with Crippen molar-refractivity contribution in [2.24, 2.45) is 0 Å². The Hall–Kier alpha value is -2.35. The number of methoxy groups -OCH3 is 5. The first kappa shape index (κ1) is 22.3. The summed E-state index contributed by atoms with van der Waals surface area (Å²) < 4.78 is 33.7. The molecule has 0 aromatic heterocycles. The van der Waals surface area contributed by atoms with Gasteiger partial charge in [-0.15, -0.1) is 6.58 Å². The minimum atomic E-state index is -1.56. The van der Waals surface area contributed by atoms with E-state index >= 15 is 0 Å². The lowest BCUT2D eigenvalue weighted by atomic mass is 9.58. The molecule has 0 amide bonds. The van der Waals surface area contributed by atoms with E-state index in [1.807, 2.05) is 18.2 Å². The van der Waals surface area contributed by atoms with Crippen LogP contribution in [0.1, 0.15) is 30.4 Å². The fourth-order valence-corrected chi connectivity index (χ4v) is 4.95. The fraction of sp³-hybridized carbons (Fsp3) is 0.522. The highest BCUT2D eigenvalue weighted by molar-refractivity contribution is 5.93. The summed E-state index contributed by atoms with van der Waals surface area (Å²) in [7, 11) is 7.60. The molecule has 0 saturated heterocycles. The van der Waals surface area contributed by atoms with Gasteiger partial charge < -0.3 is 28.4 Å². The lowest BCUT2D eigenvalue weighted by Gasteiger charge is -2.49. The van der Waals surface area contributed by atoms with Gasteiger partial charge >= 0.3 is 0 Å². The normalized spacial score (nSPS) is 22.2. The van der Waals surface area contributed by atoms with Crippen LogP contribution >= 0.6 is 0 Å². The number of allylic oxidation sites excluding steroid dienone is 2. The maximum atomic E-state index is 13.5. The SMILES string of the molecule is C=CC[C@@]12CC(=O)C(OC)(OC)C(OC)=C1CCc1ccc(OC)c(OCOC)c12. The minimum absolute atomic E-state index is 0.0567. The van der Waals surface area contributed by atoms with Crippen molar-refractivity contribution >= 4 is 5.78 Å². The molecule has 0 unspecified atom stereocenters. The number of Topliss-reactive ketones (excluding diaryl/α,β-unsaturated/α-hetero) is 1. The van der Waals surface area contributed by atoms with Gasteiger partial charge in [0, 0.05) is 38.7 Å². The van der Waals surface area contributed by atoms with Crippen molar-refractivity contribution in [3.05, 3.63) is 47.2 Å². The van der Waals surface area contributed by atoms with E-state index in [0.717, 1.165) is 23.1 Å². The molecule has 2 aliphatic carbocycles. The molecular formula is C23H30O7. The number of hydrogen-bond donors (Lipinski definition) is 0. The second-order valence-electron chi connectivity index (χ2n) is 7.39. The molecule has 0 radical (unpaired) electrons. The van der Waals surface area contributed by atoms with E-state index in [0.29, 0.717) is 30.1 Å². The lowest BCUT2D eigenvalue weighted by molar-refractivity contribution is -0.208. The Kier molecular flexibility index (Phi) is 6.55. The van der Waals surface area contributed by atoms with Crippen LogP contribution in [0.3, 0.4) is 0 Å². The zero-order valence-electron chi connectivity index (χ0n) is 18.3. The summed E-state index contributed by atoms with van der Waals surface area (Å²) >= 11 is 0. The third-order valence-electron chi connectivity index (χ3n) is 6.12. The molecule has 164 valence electrons. The molecule has 7 nitrogen and oxygen atoms in total. The maximum absolute atomic E-state index is 13.5. The fourth-order valence-electron chi connectivity index (χ4n) is 4.95. The molecule has 0 saturated carbocycles. The first-order chi connectivity index (χ1) is 14.5. The molecule has 0 fully saturated rings. The Balaban J connectivity index is 2.38. The molecule has 1 atom stereocenters. The van der Waals surface area contributed by atoms with E-state index in [1.54, 1.807) is 14.2 Å². The van der Waals surface area contributed by atoms with Crippen molar-refractivity contribution in [2.75, 3.05) is 42.3 Å². The summed E-state index contributed by atoms with van der Waals surface area (Å²) in [5.74, 6) is -0.225. The predicted molar refractivity (Wildman–Crippen MR) is 111 cm³/mol. The van der Waals surface area contributed by atoms with Crippen LogP contribution in [0.5, 0.6) is 11.5 Å². The largest absolute Gasteiger partial charge is 0.495 e. The third kappa shape index (κ3) is 3.12. The number of benzene rings is 1. The molecule has 3 rings (SSSR count). The van der Waals surface area contributed by atoms with Crippen LogP contribution in [-0.2, 0) is 35.6 Å². The molecule has 1 aromatic rings. The molecule has 0 heterocycles. The smallest absolute Gasteiger partial charge is 0.288 e. The molecule has 0 spiro atoms. The summed E-state index contributed by atoms with van der Waals surface area (Å²) in [5.41, 5.74) is 2.26. The van der Waals surface area contributed by atoms with E-state index in [2.05, 4.69) is 6.58 Å². The number of ether oxygens (including phenoxy) is 6. The van der Waals surface area contributed by atoms with Gasteiger partial charge in [0.1, 0.15) is 0 Å². The highest BCUT2D eigenvalue weighted by atomic mass is 16.7. The Morgan fingerprint density at radius 2 is 1.80 bits per heavy atom. The summed E-state index contributed by atoms with van der Waals surface area (Å²) in [5, 5.41) is 0. The van der Waals surface area contributed by atoms with Crippen molar-refractivity contribution < 1.29 is 33.2 Å². The lowest BCUT2D eigenvalue weighted by Crippen LogP contribution is -2.55. The van der Waals surface area contributed by atoms with Gasteiger partial charge in [-0.05, 0) is 36.5 Å². The van der Waals surface area contributed by atoms with Gasteiger partial charge in [0.15, 0.2) is 24.1 Å². The number of fused-ring (bicyclic) bond motifs is 3. The molecule has 0 bridgehead atoms. The number of ketones is 1. The highest BCUT2D eigenvalue weighted by Crippen LogP contribution is 2.57. The monoisotopic (exact) mass is 418 g/mol. The van der Waals surface area contributed by atoms with Crippen LogP contribution in [0.25, 0.3) is 0 Å². The summed E-state index contributed by atoms with van der Waals surface area (Å²) in [4.78, 5) is 13.5.